The normalized spacial score (nSPS) is 11.8. The molecule has 0 aliphatic heterocycles. The average Bonchev–Trinajstić information content (AvgIpc) is 2.77. The molecule has 0 radical (unpaired) electrons. The van der Waals surface area contributed by atoms with Gasteiger partial charge >= 0.3 is 0 Å². The maximum absolute atomic E-state index is 12.1. The Morgan fingerprint density at radius 3 is 2.74 bits per heavy atom. The lowest BCUT2D eigenvalue weighted by molar-refractivity contribution is 0.423. The van der Waals surface area contributed by atoms with Crippen molar-refractivity contribution in [3.63, 3.8) is 0 Å². The van der Waals surface area contributed by atoms with Crippen LogP contribution in [0.15, 0.2) is 33.8 Å². The summed E-state index contributed by atoms with van der Waals surface area (Å²) in [4.78, 5) is 3.61. The molecular formula is C11H12ClN3O3S. The molecule has 6 nitrogen and oxygen atoms in total. The van der Waals surface area contributed by atoms with Crippen LogP contribution in [0, 0.1) is 0 Å². The summed E-state index contributed by atoms with van der Waals surface area (Å²) in [5, 5.41) is 3.67. The van der Waals surface area contributed by atoms with Gasteiger partial charge in [0.1, 0.15) is 10.0 Å². The molecule has 2 aromatic heterocycles. The summed E-state index contributed by atoms with van der Waals surface area (Å²) >= 11 is 5.75. The first-order chi connectivity index (χ1) is 8.90. The van der Waals surface area contributed by atoms with Crippen molar-refractivity contribution in [3.05, 3.63) is 35.2 Å². The third kappa shape index (κ3) is 3.05. The van der Waals surface area contributed by atoms with Gasteiger partial charge in [-0.1, -0.05) is 30.6 Å². The molecule has 0 bridgehead atoms. The van der Waals surface area contributed by atoms with Gasteiger partial charge in [-0.25, -0.2) is 18.1 Å². The standard InChI is InChI=1S/C11H12ClN3O3S/c1-7(2)8-6-10(18-14-8)15-19(16,17)9-4-3-5-13-11(9)12/h3-7,15H,1-2H3. The van der Waals surface area contributed by atoms with Crippen LogP contribution in [0.2, 0.25) is 5.15 Å². The molecular weight excluding hydrogens is 290 g/mol. The van der Waals surface area contributed by atoms with E-state index < -0.39 is 10.0 Å². The molecule has 0 fully saturated rings. The van der Waals surface area contributed by atoms with Gasteiger partial charge in [0.25, 0.3) is 10.0 Å². The van der Waals surface area contributed by atoms with E-state index in [9.17, 15) is 8.42 Å². The van der Waals surface area contributed by atoms with E-state index in [4.69, 9.17) is 16.1 Å². The van der Waals surface area contributed by atoms with E-state index in [0.29, 0.717) is 5.69 Å². The molecule has 0 unspecified atom stereocenters. The predicted octanol–water partition coefficient (Wildman–Crippen LogP) is 2.65. The zero-order valence-corrected chi connectivity index (χ0v) is 11.9. The fourth-order valence-electron chi connectivity index (χ4n) is 1.37. The average molecular weight is 302 g/mol. The Morgan fingerprint density at radius 1 is 1.42 bits per heavy atom. The Labute approximate surface area is 115 Å². The summed E-state index contributed by atoms with van der Waals surface area (Å²) < 4.78 is 31.3. The lowest BCUT2D eigenvalue weighted by Crippen LogP contribution is -2.13. The Kier molecular flexibility index (Phi) is 3.77. The second-order valence-electron chi connectivity index (χ2n) is 4.17. The van der Waals surface area contributed by atoms with Gasteiger partial charge in [0.05, 0.1) is 5.69 Å². The van der Waals surface area contributed by atoms with Gasteiger partial charge in [-0.15, -0.1) is 0 Å². The largest absolute Gasteiger partial charge is 0.338 e. The Balaban J connectivity index is 2.29. The third-order valence-electron chi connectivity index (χ3n) is 2.37. The SMILES string of the molecule is CC(C)c1cc(NS(=O)(=O)c2cccnc2Cl)on1. The molecule has 1 N–H and O–H groups in total. The number of halogens is 1. The van der Waals surface area contributed by atoms with Crippen molar-refractivity contribution < 1.29 is 12.9 Å². The highest BCUT2D eigenvalue weighted by Gasteiger charge is 2.20. The summed E-state index contributed by atoms with van der Waals surface area (Å²) in [6.07, 6.45) is 1.41. The van der Waals surface area contributed by atoms with Crippen molar-refractivity contribution in [3.8, 4) is 0 Å². The van der Waals surface area contributed by atoms with Crippen LogP contribution in [-0.4, -0.2) is 18.6 Å². The number of rotatable bonds is 4. The molecule has 2 rings (SSSR count). The minimum atomic E-state index is -3.83. The highest BCUT2D eigenvalue weighted by atomic mass is 35.5. The maximum Gasteiger partial charge on any atom is 0.267 e. The van der Waals surface area contributed by atoms with Crippen LogP contribution < -0.4 is 4.72 Å². The summed E-state index contributed by atoms with van der Waals surface area (Å²) in [6, 6.07) is 4.38. The van der Waals surface area contributed by atoms with Gasteiger partial charge in [-0.3, -0.25) is 0 Å². The van der Waals surface area contributed by atoms with Crippen LogP contribution in [0.4, 0.5) is 5.88 Å². The van der Waals surface area contributed by atoms with Crippen molar-refractivity contribution in [1.82, 2.24) is 10.1 Å². The van der Waals surface area contributed by atoms with Crippen LogP contribution in [0.1, 0.15) is 25.5 Å². The van der Waals surface area contributed by atoms with Gasteiger partial charge in [0.2, 0.25) is 5.88 Å². The molecule has 2 heterocycles. The quantitative estimate of drug-likeness (QED) is 0.877. The number of aromatic nitrogens is 2. The number of sulfonamides is 1. The highest BCUT2D eigenvalue weighted by molar-refractivity contribution is 7.92. The first-order valence-corrected chi connectivity index (χ1v) is 7.36. The first-order valence-electron chi connectivity index (χ1n) is 5.50. The van der Waals surface area contributed by atoms with Gasteiger partial charge in [0.15, 0.2) is 0 Å². The van der Waals surface area contributed by atoms with Gasteiger partial charge in [-0.2, -0.15) is 0 Å². The van der Waals surface area contributed by atoms with Crippen LogP contribution in [0.5, 0.6) is 0 Å². The molecule has 0 spiro atoms. The smallest absolute Gasteiger partial charge is 0.267 e. The molecule has 0 saturated carbocycles. The molecule has 0 atom stereocenters. The summed E-state index contributed by atoms with van der Waals surface area (Å²) in [5.74, 6) is 0.188. The maximum atomic E-state index is 12.1. The number of hydrogen-bond donors (Lipinski definition) is 1. The van der Waals surface area contributed by atoms with Crippen LogP contribution in [-0.2, 0) is 10.0 Å². The minimum absolute atomic E-state index is 0.0450. The molecule has 0 aliphatic rings. The number of anilines is 1. The monoisotopic (exact) mass is 301 g/mol. The molecule has 0 amide bonds. The number of nitrogens with one attached hydrogen (secondary N) is 1. The van der Waals surface area contributed by atoms with Gasteiger partial charge < -0.3 is 4.52 Å². The van der Waals surface area contributed by atoms with E-state index >= 15 is 0 Å². The fraction of sp³-hybridized carbons (Fsp3) is 0.273. The van der Waals surface area contributed by atoms with E-state index in [1.54, 1.807) is 0 Å². The molecule has 2 aromatic rings. The highest BCUT2D eigenvalue weighted by Crippen LogP contribution is 2.23. The Morgan fingerprint density at radius 2 is 2.16 bits per heavy atom. The molecule has 8 heteroatoms. The fourth-order valence-corrected chi connectivity index (χ4v) is 2.80. The Hall–Kier alpha value is -1.60. The van der Waals surface area contributed by atoms with Gasteiger partial charge in [0, 0.05) is 12.3 Å². The molecule has 0 aromatic carbocycles. The second kappa shape index (κ2) is 5.18. The van der Waals surface area contributed by atoms with Gasteiger partial charge in [-0.05, 0) is 18.1 Å². The lowest BCUT2D eigenvalue weighted by Gasteiger charge is -2.05. The molecule has 102 valence electrons. The van der Waals surface area contributed by atoms with Crippen molar-refractivity contribution in [2.45, 2.75) is 24.7 Å². The van der Waals surface area contributed by atoms with E-state index in [1.165, 1.54) is 24.4 Å². The topological polar surface area (TPSA) is 85.1 Å². The van der Waals surface area contributed by atoms with Crippen LogP contribution in [0.25, 0.3) is 0 Å². The van der Waals surface area contributed by atoms with Crippen molar-refractivity contribution in [1.29, 1.82) is 0 Å². The summed E-state index contributed by atoms with van der Waals surface area (Å²) in [7, 11) is -3.83. The van der Waals surface area contributed by atoms with E-state index in [0.717, 1.165) is 0 Å². The first kappa shape index (κ1) is 13.8. The van der Waals surface area contributed by atoms with Crippen molar-refractivity contribution in [2.75, 3.05) is 4.72 Å². The van der Waals surface area contributed by atoms with E-state index in [-0.39, 0.29) is 21.9 Å². The summed E-state index contributed by atoms with van der Waals surface area (Å²) in [6.45, 7) is 3.85. The van der Waals surface area contributed by atoms with Crippen LogP contribution in [0.3, 0.4) is 0 Å². The van der Waals surface area contributed by atoms with Crippen LogP contribution >= 0.6 is 11.6 Å². The number of pyridine rings is 1. The third-order valence-corrected chi connectivity index (χ3v) is 4.16. The molecule has 0 saturated heterocycles. The van der Waals surface area contributed by atoms with E-state index in [2.05, 4.69) is 14.9 Å². The molecule has 0 aliphatic carbocycles. The number of nitrogens with zero attached hydrogens (tertiary/aromatic N) is 2. The second-order valence-corrected chi connectivity index (χ2v) is 6.18. The number of hydrogen-bond acceptors (Lipinski definition) is 5. The van der Waals surface area contributed by atoms with E-state index in [1.807, 2.05) is 13.8 Å². The lowest BCUT2D eigenvalue weighted by atomic mass is 10.1. The summed E-state index contributed by atoms with van der Waals surface area (Å²) in [5.41, 5.74) is 0.662. The zero-order valence-electron chi connectivity index (χ0n) is 10.3. The minimum Gasteiger partial charge on any atom is -0.338 e. The molecule has 19 heavy (non-hydrogen) atoms. The van der Waals surface area contributed by atoms with Crippen molar-refractivity contribution in [2.24, 2.45) is 0 Å². The van der Waals surface area contributed by atoms with Crippen molar-refractivity contribution >= 4 is 27.5 Å². The zero-order chi connectivity index (χ0) is 14.0. The predicted molar refractivity (Wildman–Crippen MR) is 70.6 cm³/mol. The Bertz CT molecular complexity index is 682.